The fourth-order valence-corrected chi connectivity index (χ4v) is 2.68. The number of hydrogen-bond donors (Lipinski definition) is 1. The Balaban J connectivity index is 2.00. The van der Waals surface area contributed by atoms with Crippen molar-refractivity contribution in [2.75, 3.05) is 24.6 Å². The minimum absolute atomic E-state index is 0.0839. The minimum Gasteiger partial charge on any atom is -0.396 e. The van der Waals surface area contributed by atoms with Crippen molar-refractivity contribution in [1.82, 2.24) is 4.98 Å². The van der Waals surface area contributed by atoms with Crippen LogP contribution in [0.4, 0.5) is 10.1 Å². The molecule has 0 bridgehead atoms. The van der Waals surface area contributed by atoms with E-state index in [9.17, 15) is 10.1 Å². The van der Waals surface area contributed by atoms with E-state index in [0.717, 1.165) is 37.3 Å². The van der Waals surface area contributed by atoms with Gasteiger partial charge in [-0.25, -0.2) is 4.98 Å². The van der Waals surface area contributed by atoms with Gasteiger partial charge in [0, 0.05) is 19.7 Å². The van der Waals surface area contributed by atoms with Gasteiger partial charge in [-0.1, -0.05) is 0 Å². The molecule has 2 heterocycles. The third kappa shape index (κ3) is 2.30. The van der Waals surface area contributed by atoms with E-state index < -0.39 is 4.92 Å². The number of rotatable bonds is 4. The van der Waals surface area contributed by atoms with E-state index in [-0.39, 0.29) is 11.6 Å². The lowest BCUT2D eigenvalue weighted by atomic mass is 10.1. The molecule has 88 valence electrons. The summed E-state index contributed by atoms with van der Waals surface area (Å²) in [5.41, 5.74) is 0. The molecule has 1 aliphatic rings. The van der Waals surface area contributed by atoms with E-state index >= 15 is 0 Å². The number of aliphatic hydroxyl groups excluding tert-OH is 1. The van der Waals surface area contributed by atoms with Crippen LogP contribution in [0.2, 0.25) is 0 Å². The molecule has 1 N–H and O–H groups in total. The summed E-state index contributed by atoms with van der Waals surface area (Å²) in [6.07, 6.45) is 3.12. The summed E-state index contributed by atoms with van der Waals surface area (Å²) in [6, 6.07) is 0. The van der Waals surface area contributed by atoms with Gasteiger partial charge >= 0.3 is 5.00 Å². The van der Waals surface area contributed by atoms with Crippen molar-refractivity contribution in [3.8, 4) is 0 Å². The molecule has 2 rings (SSSR count). The predicted octanol–water partition coefficient (Wildman–Crippen LogP) is 1.26. The van der Waals surface area contributed by atoms with E-state index in [1.165, 1.54) is 6.20 Å². The average Bonchev–Trinajstić information content (AvgIpc) is 2.84. The number of thiazole rings is 1. The molecule has 0 radical (unpaired) electrons. The first-order valence-corrected chi connectivity index (χ1v) is 5.98. The normalized spacial score (nSPS) is 20.3. The maximum absolute atomic E-state index is 10.5. The number of aromatic nitrogens is 1. The van der Waals surface area contributed by atoms with Crippen LogP contribution in [-0.2, 0) is 0 Å². The summed E-state index contributed by atoms with van der Waals surface area (Å²) in [5.74, 6) is 0.480. The molecule has 0 saturated carbocycles. The van der Waals surface area contributed by atoms with Crippen molar-refractivity contribution in [3.05, 3.63) is 16.3 Å². The van der Waals surface area contributed by atoms with E-state index in [2.05, 4.69) is 9.88 Å². The van der Waals surface area contributed by atoms with Crippen molar-refractivity contribution >= 4 is 21.5 Å². The van der Waals surface area contributed by atoms with E-state index in [4.69, 9.17) is 5.11 Å². The molecule has 1 unspecified atom stereocenters. The van der Waals surface area contributed by atoms with Gasteiger partial charge in [0.25, 0.3) is 0 Å². The smallest absolute Gasteiger partial charge is 0.345 e. The van der Waals surface area contributed by atoms with Gasteiger partial charge in [0.15, 0.2) is 5.13 Å². The second-order valence-electron chi connectivity index (χ2n) is 3.85. The molecule has 0 aliphatic carbocycles. The molecule has 0 spiro atoms. The maximum Gasteiger partial charge on any atom is 0.345 e. The Morgan fingerprint density at radius 3 is 3.19 bits per heavy atom. The average molecular weight is 243 g/mol. The van der Waals surface area contributed by atoms with Crippen LogP contribution in [-0.4, -0.2) is 34.7 Å². The third-order valence-corrected chi connectivity index (χ3v) is 3.76. The standard InChI is InChI=1S/C9H13N3O3S/c13-4-2-7-1-3-11(6-7)9-10-5-8(16-9)12(14)15/h5,7,13H,1-4,6H2. The van der Waals surface area contributed by atoms with Gasteiger partial charge in [-0.3, -0.25) is 10.1 Å². The van der Waals surface area contributed by atoms with Crippen molar-refractivity contribution in [3.63, 3.8) is 0 Å². The Bertz CT molecular complexity index is 382. The summed E-state index contributed by atoms with van der Waals surface area (Å²) < 4.78 is 0. The monoisotopic (exact) mass is 243 g/mol. The maximum atomic E-state index is 10.5. The van der Waals surface area contributed by atoms with Crippen LogP contribution in [0.15, 0.2) is 6.20 Å². The molecule has 7 heteroatoms. The molecule has 1 fully saturated rings. The van der Waals surface area contributed by atoms with E-state index in [0.29, 0.717) is 11.0 Å². The molecule has 6 nitrogen and oxygen atoms in total. The first kappa shape index (κ1) is 11.3. The largest absolute Gasteiger partial charge is 0.396 e. The van der Waals surface area contributed by atoms with Crippen LogP contribution < -0.4 is 4.90 Å². The van der Waals surface area contributed by atoms with E-state index in [1.54, 1.807) is 0 Å². The van der Waals surface area contributed by atoms with Crippen molar-refractivity contribution in [2.24, 2.45) is 5.92 Å². The van der Waals surface area contributed by atoms with Crippen LogP contribution in [0.1, 0.15) is 12.8 Å². The summed E-state index contributed by atoms with van der Waals surface area (Å²) in [6.45, 7) is 1.91. The van der Waals surface area contributed by atoms with Gasteiger partial charge in [0.1, 0.15) is 6.20 Å². The molecular formula is C9H13N3O3S. The molecule has 1 saturated heterocycles. The molecule has 1 atom stereocenters. The number of nitro groups is 1. The highest BCUT2D eigenvalue weighted by Gasteiger charge is 2.25. The Hall–Kier alpha value is -1.21. The summed E-state index contributed by atoms with van der Waals surface area (Å²) in [5, 5.41) is 20.2. The third-order valence-electron chi connectivity index (χ3n) is 2.75. The summed E-state index contributed by atoms with van der Waals surface area (Å²) in [4.78, 5) is 16.2. The molecular weight excluding hydrogens is 230 g/mol. The van der Waals surface area contributed by atoms with Gasteiger partial charge in [-0.15, -0.1) is 0 Å². The number of nitrogens with zero attached hydrogens (tertiary/aromatic N) is 3. The number of hydrogen-bond acceptors (Lipinski definition) is 6. The lowest BCUT2D eigenvalue weighted by Gasteiger charge is -2.13. The van der Waals surface area contributed by atoms with Gasteiger partial charge in [-0.05, 0) is 30.1 Å². The molecule has 0 aromatic carbocycles. The zero-order valence-electron chi connectivity index (χ0n) is 8.70. The molecule has 1 aromatic rings. The van der Waals surface area contributed by atoms with Gasteiger partial charge in [0.05, 0.1) is 4.92 Å². The molecule has 0 amide bonds. The molecule has 16 heavy (non-hydrogen) atoms. The Morgan fingerprint density at radius 1 is 1.75 bits per heavy atom. The lowest BCUT2D eigenvalue weighted by Crippen LogP contribution is -2.19. The fraction of sp³-hybridized carbons (Fsp3) is 0.667. The Kier molecular flexibility index (Phi) is 3.35. The zero-order valence-corrected chi connectivity index (χ0v) is 9.52. The van der Waals surface area contributed by atoms with Crippen molar-refractivity contribution in [1.29, 1.82) is 0 Å². The minimum atomic E-state index is -0.414. The summed E-state index contributed by atoms with van der Waals surface area (Å²) in [7, 11) is 0. The van der Waals surface area contributed by atoms with Gasteiger partial charge in [0.2, 0.25) is 0 Å². The van der Waals surface area contributed by atoms with Gasteiger partial charge < -0.3 is 10.0 Å². The quantitative estimate of drug-likeness (QED) is 0.636. The first-order chi connectivity index (χ1) is 7.70. The first-order valence-electron chi connectivity index (χ1n) is 5.16. The number of anilines is 1. The van der Waals surface area contributed by atoms with Crippen LogP contribution in [0, 0.1) is 16.0 Å². The second-order valence-corrected chi connectivity index (χ2v) is 4.84. The Labute approximate surface area is 96.7 Å². The van der Waals surface area contributed by atoms with Crippen molar-refractivity contribution < 1.29 is 10.0 Å². The second kappa shape index (κ2) is 4.75. The SMILES string of the molecule is O=[N+]([O-])c1cnc(N2CCC(CCO)C2)s1. The van der Waals surface area contributed by atoms with Crippen LogP contribution in [0.5, 0.6) is 0 Å². The predicted molar refractivity (Wildman–Crippen MR) is 60.8 cm³/mol. The highest BCUT2D eigenvalue weighted by Crippen LogP contribution is 2.32. The Morgan fingerprint density at radius 2 is 2.56 bits per heavy atom. The molecule has 1 aliphatic heterocycles. The lowest BCUT2D eigenvalue weighted by molar-refractivity contribution is -0.380. The summed E-state index contributed by atoms with van der Waals surface area (Å²) >= 11 is 1.11. The van der Waals surface area contributed by atoms with E-state index in [1.807, 2.05) is 0 Å². The van der Waals surface area contributed by atoms with Crippen LogP contribution in [0.25, 0.3) is 0 Å². The highest BCUT2D eigenvalue weighted by atomic mass is 32.1. The topological polar surface area (TPSA) is 79.5 Å². The zero-order chi connectivity index (χ0) is 11.5. The fourth-order valence-electron chi connectivity index (χ4n) is 1.91. The number of aliphatic hydroxyl groups is 1. The highest BCUT2D eigenvalue weighted by molar-refractivity contribution is 7.18. The molecule has 1 aromatic heterocycles. The van der Waals surface area contributed by atoms with Gasteiger partial charge in [-0.2, -0.15) is 0 Å². The van der Waals surface area contributed by atoms with Crippen molar-refractivity contribution in [2.45, 2.75) is 12.8 Å². The van der Waals surface area contributed by atoms with Crippen LogP contribution >= 0.6 is 11.3 Å². The van der Waals surface area contributed by atoms with Crippen LogP contribution in [0.3, 0.4) is 0 Å².